The van der Waals surface area contributed by atoms with Gasteiger partial charge in [0.05, 0.1) is 0 Å². The molecule has 2 amide bonds. The van der Waals surface area contributed by atoms with Gasteiger partial charge >= 0.3 is 6.09 Å². The predicted octanol–water partition coefficient (Wildman–Crippen LogP) is 5.60. The number of unbranched alkanes of at least 4 members (excludes halogenated alkanes) is 2. The minimum absolute atomic E-state index is 0.0140. The topological polar surface area (TPSA) is 97.6 Å². The van der Waals surface area contributed by atoms with Crippen LogP contribution in [0.4, 0.5) is 4.79 Å². The van der Waals surface area contributed by atoms with Crippen LogP contribution in [0, 0.1) is 11.8 Å². The summed E-state index contributed by atoms with van der Waals surface area (Å²) in [5.74, 6) is 1.35. The molecule has 8 nitrogen and oxygen atoms in total. The lowest BCUT2D eigenvalue weighted by Gasteiger charge is -2.33. The maximum absolute atomic E-state index is 13.1. The zero-order valence-corrected chi connectivity index (χ0v) is 21.6. The number of likely N-dealkylation sites (tertiary alicyclic amines) is 1. The highest BCUT2D eigenvalue weighted by Gasteiger charge is 2.33. The van der Waals surface area contributed by atoms with Gasteiger partial charge in [0.15, 0.2) is 0 Å². The first-order chi connectivity index (χ1) is 15.6. The van der Waals surface area contributed by atoms with Gasteiger partial charge in [0.1, 0.15) is 11.6 Å². The molecule has 1 aliphatic heterocycles. The lowest BCUT2D eigenvalue weighted by atomic mass is 9.93. The third-order valence-corrected chi connectivity index (χ3v) is 6.41. The average Bonchev–Trinajstić information content (AvgIpc) is 3.26. The predicted molar refractivity (Wildman–Crippen MR) is 128 cm³/mol. The molecule has 1 saturated heterocycles. The van der Waals surface area contributed by atoms with Gasteiger partial charge in [0.25, 0.3) is 0 Å². The SMILES string of the molecule is CCCCC[C@H](C)c1nnc([C@@H](NC(=O)C2CCN(C(=O)OC(C)(C)C)CC2)[C@@H](C)CC)o1. The van der Waals surface area contributed by atoms with Gasteiger partial charge < -0.3 is 19.4 Å². The third kappa shape index (κ3) is 8.31. The van der Waals surface area contributed by atoms with Crippen molar-refractivity contribution in [1.82, 2.24) is 20.4 Å². The van der Waals surface area contributed by atoms with Crippen LogP contribution in [-0.2, 0) is 9.53 Å². The van der Waals surface area contributed by atoms with E-state index in [9.17, 15) is 9.59 Å². The van der Waals surface area contributed by atoms with Gasteiger partial charge in [-0.25, -0.2) is 4.79 Å². The fourth-order valence-corrected chi connectivity index (χ4v) is 4.00. The van der Waals surface area contributed by atoms with E-state index in [-0.39, 0.29) is 35.8 Å². The number of aromatic nitrogens is 2. The number of piperidine rings is 1. The molecule has 0 aliphatic carbocycles. The summed E-state index contributed by atoms with van der Waals surface area (Å²) in [5.41, 5.74) is -0.523. The minimum Gasteiger partial charge on any atom is -0.444 e. The van der Waals surface area contributed by atoms with Gasteiger partial charge in [-0.2, -0.15) is 0 Å². The molecule has 1 N–H and O–H groups in total. The van der Waals surface area contributed by atoms with Gasteiger partial charge in [-0.15, -0.1) is 10.2 Å². The number of nitrogens with zero attached hydrogens (tertiary/aromatic N) is 3. The summed E-state index contributed by atoms with van der Waals surface area (Å²) >= 11 is 0. The second-order valence-corrected chi connectivity index (χ2v) is 10.5. The summed E-state index contributed by atoms with van der Waals surface area (Å²) in [6.07, 6.45) is 6.33. The molecule has 188 valence electrons. The number of hydrogen-bond donors (Lipinski definition) is 1. The molecule has 0 unspecified atom stereocenters. The van der Waals surface area contributed by atoms with Crippen molar-refractivity contribution in [2.75, 3.05) is 13.1 Å². The summed E-state index contributed by atoms with van der Waals surface area (Å²) in [5, 5.41) is 11.8. The van der Waals surface area contributed by atoms with E-state index in [2.05, 4.69) is 43.2 Å². The van der Waals surface area contributed by atoms with Gasteiger partial charge in [0, 0.05) is 24.9 Å². The highest BCUT2D eigenvalue weighted by molar-refractivity contribution is 5.79. The summed E-state index contributed by atoms with van der Waals surface area (Å²) in [6, 6.07) is -0.310. The highest BCUT2D eigenvalue weighted by Crippen LogP contribution is 2.28. The summed E-state index contributed by atoms with van der Waals surface area (Å²) in [7, 11) is 0. The first-order valence-corrected chi connectivity index (χ1v) is 12.7. The van der Waals surface area contributed by atoms with Gasteiger partial charge in [-0.3, -0.25) is 4.79 Å². The number of carbonyl (C=O) groups excluding carboxylic acids is 2. The number of amides is 2. The first-order valence-electron chi connectivity index (χ1n) is 12.7. The largest absolute Gasteiger partial charge is 0.444 e. The van der Waals surface area contributed by atoms with Crippen molar-refractivity contribution in [3.8, 4) is 0 Å². The van der Waals surface area contributed by atoms with Crippen molar-refractivity contribution in [3.63, 3.8) is 0 Å². The fourth-order valence-electron chi connectivity index (χ4n) is 4.00. The van der Waals surface area contributed by atoms with Crippen molar-refractivity contribution < 1.29 is 18.7 Å². The lowest BCUT2D eigenvalue weighted by molar-refractivity contribution is -0.127. The van der Waals surface area contributed by atoms with Crippen LogP contribution in [0.25, 0.3) is 0 Å². The maximum Gasteiger partial charge on any atom is 0.410 e. The molecule has 33 heavy (non-hydrogen) atoms. The molecule has 1 fully saturated rings. The normalized spacial score (nSPS) is 18.0. The van der Waals surface area contributed by atoms with E-state index in [0.29, 0.717) is 37.7 Å². The monoisotopic (exact) mass is 464 g/mol. The standard InChI is InChI=1S/C25H44N4O4/c1-8-10-11-12-18(4)22-27-28-23(32-22)20(17(3)9-2)26-21(30)19-13-15-29(16-14-19)24(31)33-25(5,6)7/h17-20H,8-16H2,1-7H3,(H,26,30)/t17-,18-,20-/m0/s1. The van der Waals surface area contributed by atoms with E-state index in [1.165, 1.54) is 12.8 Å². The van der Waals surface area contributed by atoms with Crippen LogP contribution in [0.3, 0.4) is 0 Å². The van der Waals surface area contributed by atoms with Crippen LogP contribution in [0.2, 0.25) is 0 Å². The van der Waals surface area contributed by atoms with Crippen molar-refractivity contribution in [2.24, 2.45) is 11.8 Å². The van der Waals surface area contributed by atoms with Gasteiger partial charge in [0.2, 0.25) is 17.7 Å². The van der Waals surface area contributed by atoms with E-state index < -0.39 is 5.60 Å². The van der Waals surface area contributed by atoms with Crippen LogP contribution >= 0.6 is 0 Å². The fraction of sp³-hybridized carbons (Fsp3) is 0.840. The van der Waals surface area contributed by atoms with Crippen LogP contribution in [0.5, 0.6) is 0 Å². The number of hydrogen-bond acceptors (Lipinski definition) is 6. The molecule has 2 rings (SSSR count). The van der Waals surface area contributed by atoms with Crippen molar-refractivity contribution in [2.45, 2.75) is 111 Å². The number of nitrogens with one attached hydrogen (secondary N) is 1. The maximum atomic E-state index is 13.1. The van der Waals surface area contributed by atoms with Crippen molar-refractivity contribution in [1.29, 1.82) is 0 Å². The molecule has 0 aromatic carbocycles. The molecule has 0 spiro atoms. The summed E-state index contributed by atoms with van der Waals surface area (Å²) in [4.78, 5) is 27.1. The summed E-state index contributed by atoms with van der Waals surface area (Å²) in [6.45, 7) is 15.1. The Morgan fingerprint density at radius 2 is 1.76 bits per heavy atom. The molecule has 2 heterocycles. The molecular weight excluding hydrogens is 420 g/mol. The number of rotatable bonds is 10. The zero-order chi connectivity index (χ0) is 24.6. The summed E-state index contributed by atoms with van der Waals surface area (Å²) < 4.78 is 11.5. The van der Waals surface area contributed by atoms with Gasteiger partial charge in [-0.1, -0.05) is 53.4 Å². The quantitative estimate of drug-likeness (QED) is 0.452. The Morgan fingerprint density at radius 3 is 2.33 bits per heavy atom. The van der Waals surface area contributed by atoms with E-state index >= 15 is 0 Å². The van der Waals surface area contributed by atoms with Crippen LogP contribution in [0.15, 0.2) is 4.42 Å². The third-order valence-electron chi connectivity index (χ3n) is 6.41. The average molecular weight is 465 g/mol. The van der Waals surface area contributed by atoms with E-state index in [4.69, 9.17) is 9.15 Å². The van der Waals surface area contributed by atoms with Crippen LogP contribution in [0.1, 0.15) is 117 Å². The molecule has 8 heteroatoms. The Labute approximate surface area is 199 Å². The molecule has 0 saturated carbocycles. The molecule has 1 aromatic heterocycles. The zero-order valence-electron chi connectivity index (χ0n) is 21.6. The Bertz CT molecular complexity index is 750. The molecule has 1 aliphatic rings. The molecule has 0 bridgehead atoms. The van der Waals surface area contributed by atoms with E-state index in [0.717, 1.165) is 19.3 Å². The Kier molecular flexibility index (Phi) is 10.2. The highest BCUT2D eigenvalue weighted by atomic mass is 16.6. The Hall–Kier alpha value is -2.12. The van der Waals surface area contributed by atoms with Crippen molar-refractivity contribution in [3.05, 3.63) is 11.8 Å². The van der Waals surface area contributed by atoms with Crippen molar-refractivity contribution >= 4 is 12.0 Å². The molecule has 1 aromatic rings. The molecule has 0 radical (unpaired) electrons. The van der Waals surface area contributed by atoms with Crippen LogP contribution in [-0.4, -0.2) is 45.8 Å². The minimum atomic E-state index is -0.523. The van der Waals surface area contributed by atoms with Gasteiger partial charge in [-0.05, 0) is 46.0 Å². The van der Waals surface area contributed by atoms with Crippen LogP contribution < -0.4 is 5.32 Å². The van der Waals surface area contributed by atoms with E-state index in [1.54, 1.807) is 4.90 Å². The second kappa shape index (κ2) is 12.4. The Morgan fingerprint density at radius 1 is 1.12 bits per heavy atom. The smallest absolute Gasteiger partial charge is 0.410 e. The van der Waals surface area contributed by atoms with E-state index in [1.807, 2.05) is 20.8 Å². The molecular formula is C25H44N4O4. The number of carbonyl (C=O) groups is 2. The Balaban J connectivity index is 1.97. The molecule has 3 atom stereocenters. The number of ether oxygens (including phenoxy) is 1. The first kappa shape index (κ1) is 27.1. The second-order valence-electron chi connectivity index (χ2n) is 10.5. The lowest BCUT2D eigenvalue weighted by Crippen LogP contribution is -2.45.